The summed E-state index contributed by atoms with van der Waals surface area (Å²) in [5.41, 5.74) is 1.61. The lowest BCUT2D eigenvalue weighted by atomic mass is 10.2. The third-order valence-electron chi connectivity index (χ3n) is 4.85. The summed E-state index contributed by atoms with van der Waals surface area (Å²) in [7, 11) is 1.81. The Kier molecular flexibility index (Phi) is 4.64. The molecular formula is C19H20N8O2. The maximum absolute atomic E-state index is 12.0. The maximum atomic E-state index is 12.0. The molecule has 10 heteroatoms. The van der Waals surface area contributed by atoms with Gasteiger partial charge in [0.25, 0.3) is 0 Å². The predicted octanol–water partition coefficient (Wildman–Crippen LogP) is 1.86. The Morgan fingerprint density at radius 3 is 3.03 bits per heavy atom. The van der Waals surface area contributed by atoms with Crippen LogP contribution in [0, 0.1) is 11.3 Å². The number of fused-ring (bicyclic) bond motifs is 1. The number of hydrogen-bond acceptors (Lipinski definition) is 7. The van der Waals surface area contributed by atoms with Crippen LogP contribution in [-0.2, 0) is 11.8 Å². The summed E-state index contributed by atoms with van der Waals surface area (Å²) in [6, 6.07) is 2.16. The first-order chi connectivity index (χ1) is 14.0. The number of amides is 1. The maximum Gasteiger partial charge on any atom is 0.246 e. The van der Waals surface area contributed by atoms with Crippen LogP contribution in [0.15, 0.2) is 31.2 Å². The van der Waals surface area contributed by atoms with E-state index in [1.807, 2.05) is 14.0 Å². The number of aromatic amines is 1. The molecule has 29 heavy (non-hydrogen) atoms. The van der Waals surface area contributed by atoms with Gasteiger partial charge in [-0.15, -0.1) is 0 Å². The highest BCUT2D eigenvalue weighted by molar-refractivity contribution is 5.89. The zero-order valence-corrected chi connectivity index (χ0v) is 16.1. The normalized spacial score (nSPS) is 18.6. The van der Waals surface area contributed by atoms with Crippen molar-refractivity contribution in [3.63, 3.8) is 0 Å². The van der Waals surface area contributed by atoms with E-state index in [4.69, 9.17) is 4.74 Å². The zero-order valence-electron chi connectivity index (χ0n) is 16.1. The van der Waals surface area contributed by atoms with Gasteiger partial charge in [0.15, 0.2) is 0 Å². The van der Waals surface area contributed by atoms with Crippen molar-refractivity contribution in [1.82, 2.24) is 29.6 Å². The van der Waals surface area contributed by atoms with E-state index < -0.39 is 0 Å². The minimum atomic E-state index is -0.250. The minimum Gasteiger partial charge on any atom is -0.472 e. The fourth-order valence-corrected chi connectivity index (χ4v) is 3.49. The molecular weight excluding hydrogens is 372 g/mol. The van der Waals surface area contributed by atoms with Gasteiger partial charge in [-0.1, -0.05) is 6.58 Å². The van der Waals surface area contributed by atoms with Crippen LogP contribution in [0.1, 0.15) is 18.9 Å². The Morgan fingerprint density at radius 2 is 2.34 bits per heavy atom. The highest BCUT2D eigenvalue weighted by atomic mass is 16.5. The molecule has 0 spiro atoms. The molecule has 148 valence electrons. The van der Waals surface area contributed by atoms with Crippen molar-refractivity contribution in [1.29, 1.82) is 5.26 Å². The van der Waals surface area contributed by atoms with Gasteiger partial charge < -0.3 is 19.9 Å². The van der Waals surface area contributed by atoms with Crippen molar-refractivity contribution >= 4 is 28.6 Å². The molecule has 4 heterocycles. The van der Waals surface area contributed by atoms with Crippen molar-refractivity contribution in [3.8, 4) is 11.9 Å². The largest absolute Gasteiger partial charge is 0.472 e. The SMILES string of the molecule is C=CC(=O)N1CC(Oc2nc(Nc3cnn(C)c3)nc3[nH]cc(C#N)c23)CC1C. The Labute approximate surface area is 166 Å². The van der Waals surface area contributed by atoms with Crippen LogP contribution in [0.25, 0.3) is 11.0 Å². The Balaban J connectivity index is 1.66. The van der Waals surface area contributed by atoms with E-state index in [1.165, 1.54) is 6.08 Å². The molecule has 1 aliphatic rings. The van der Waals surface area contributed by atoms with Crippen LogP contribution >= 0.6 is 0 Å². The van der Waals surface area contributed by atoms with Crippen LogP contribution in [0.3, 0.4) is 0 Å². The number of hydrogen-bond donors (Lipinski definition) is 2. The second kappa shape index (κ2) is 7.27. The van der Waals surface area contributed by atoms with Crippen molar-refractivity contribution in [2.45, 2.75) is 25.5 Å². The van der Waals surface area contributed by atoms with Gasteiger partial charge in [0.05, 0.1) is 29.4 Å². The fourth-order valence-electron chi connectivity index (χ4n) is 3.49. The summed E-state index contributed by atoms with van der Waals surface area (Å²) in [6.45, 7) is 5.94. The Bertz CT molecular complexity index is 1130. The molecule has 0 aliphatic carbocycles. The van der Waals surface area contributed by atoms with Crippen LogP contribution in [0.5, 0.6) is 5.88 Å². The summed E-state index contributed by atoms with van der Waals surface area (Å²) >= 11 is 0. The Hall–Kier alpha value is -3.87. The summed E-state index contributed by atoms with van der Waals surface area (Å²) in [5, 5.41) is 17.2. The summed E-state index contributed by atoms with van der Waals surface area (Å²) in [6.07, 6.45) is 6.73. The van der Waals surface area contributed by atoms with Crippen molar-refractivity contribution in [2.24, 2.45) is 7.05 Å². The molecule has 0 saturated carbocycles. The monoisotopic (exact) mass is 392 g/mol. The van der Waals surface area contributed by atoms with E-state index in [0.29, 0.717) is 41.4 Å². The van der Waals surface area contributed by atoms with Crippen molar-refractivity contribution in [3.05, 3.63) is 36.8 Å². The highest BCUT2D eigenvalue weighted by Gasteiger charge is 2.33. The molecule has 4 rings (SSSR count). The number of carbonyl (C=O) groups excluding carboxylic acids is 1. The number of nitriles is 1. The van der Waals surface area contributed by atoms with Gasteiger partial charge in [0.2, 0.25) is 17.7 Å². The van der Waals surface area contributed by atoms with E-state index >= 15 is 0 Å². The standard InChI is InChI=1S/C19H20N8O2/c1-4-15(28)27-10-14(5-11(27)2)29-18-16-12(6-20)7-21-17(16)24-19(25-18)23-13-8-22-26(3)9-13/h4,7-9,11,14H,1,5,10H2,2-3H3,(H2,21,23,24,25). The number of aromatic nitrogens is 5. The Morgan fingerprint density at radius 1 is 1.52 bits per heavy atom. The van der Waals surface area contributed by atoms with Crippen LogP contribution in [-0.4, -0.2) is 54.2 Å². The molecule has 2 atom stereocenters. The number of H-pyrrole nitrogens is 1. The van der Waals surface area contributed by atoms with Gasteiger partial charge in [-0.2, -0.15) is 20.3 Å². The third-order valence-corrected chi connectivity index (χ3v) is 4.85. The van der Waals surface area contributed by atoms with E-state index in [-0.39, 0.29) is 18.1 Å². The summed E-state index contributed by atoms with van der Waals surface area (Å²) in [5.74, 6) is 0.482. The first kappa shape index (κ1) is 18.5. The molecule has 2 N–H and O–H groups in total. The first-order valence-corrected chi connectivity index (χ1v) is 9.13. The average Bonchev–Trinajstić information content (AvgIpc) is 3.39. The number of aryl methyl sites for hydroxylation is 1. The molecule has 0 radical (unpaired) electrons. The molecule has 0 aromatic carbocycles. The van der Waals surface area contributed by atoms with Crippen LogP contribution in [0.4, 0.5) is 11.6 Å². The topological polar surface area (TPSA) is 125 Å². The van der Waals surface area contributed by atoms with E-state index in [2.05, 4.69) is 38.0 Å². The number of anilines is 2. The number of likely N-dealkylation sites (tertiary alicyclic amines) is 1. The van der Waals surface area contributed by atoms with Gasteiger partial charge in [-0.3, -0.25) is 9.48 Å². The number of carbonyl (C=O) groups is 1. The third kappa shape index (κ3) is 3.50. The zero-order chi connectivity index (χ0) is 20.5. The molecule has 1 aliphatic heterocycles. The molecule has 1 fully saturated rings. The average molecular weight is 392 g/mol. The fraction of sp³-hybridized carbons (Fsp3) is 0.316. The van der Waals surface area contributed by atoms with Crippen molar-refractivity contribution in [2.75, 3.05) is 11.9 Å². The second-order valence-corrected chi connectivity index (χ2v) is 6.94. The van der Waals surface area contributed by atoms with Gasteiger partial charge in [-0.25, -0.2) is 0 Å². The quantitative estimate of drug-likeness (QED) is 0.635. The highest BCUT2D eigenvalue weighted by Crippen LogP contribution is 2.31. The van der Waals surface area contributed by atoms with Gasteiger partial charge in [0, 0.05) is 31.9 Å². The van der Waals surface area contributed by atoms with E-state index in [0.717, 1.165) is 5.69 Å². The van der Waals surface area contributed by atoms with Gasteiger partial charge in [-0.05, 0) is 13.0 Å². The van der Waals surface area contributed by atoms with Gasteiger partial charge >= 0.3 is 0 Å². The number of nitrogens with zero attached hydrogens (tertiary/aromatic N) is 6. The molecule has 1 amide bonds. The predicted molar refractivity (Wildman–Crippen MR) is 105 cm³/mol. The minimum absolute atomic E-state index is 0.0254. The lowest BCUT2D eigenvalue weighted by Gasteiger charge is -2.19. The molecule has 10 nitrogen and oxygen atoms in total. The van der Waals surface area contributed by atoms with Crippen LogP contribution in [0.2, 0.25) is 0 Å². The molecule has 0 bridgehead atoms. The van der Waals surface area contributed by atoms with Crippen LogP contribution < -0.4 is 10.1 Å². The summed E-state index contributed by atoms with van der Waals surface area (Å²) in [4.78, 5) is 25.6. The lowest BCUT2D eigenvalue weighted by molar-refractivity contribution is -0.126. The first-order valence-electron chi connectivity index (χ1n) is 9.13. The van der Waals surface area contributed by atoms with E-state index in [1.54, 1.807) is 28.2 Å². The smallest absolute Gasteiger partial charge is 0.246 e. The lowest BCUT2D eigenvalue weighted by Crippen LogP contribution is -2.33. The van der Waals surface area contributed by atoms with E-state index in [9.17, 15) is 10.1 Å². The van der Waals surface area contributed by atoms with Gasteiger partial charge in [0.1, 0.15) is 17.8 Å². The number of rotatable bonds is 5. The molecule has 2 unspecified atom stereocenters. The molecule has 3 aromatic heterocycles. The number of ether oxygens (including phenoxy) is 1. The molecule has 1 saturated heterocycles. The molecule has 3 aromatic rings. The second-order valence-electron chi connectivity index (χ2n) is 6.94. The van der Waals surface area contributed by atoms with Crippen molar-refractivity contribution < 1.29 is 9.53 Å². The summed E-state index contributed by atoms with van der Waals surface area (Å²) < 4.78 is 7.82. The number of nitrogens with one attached hydrogen (secondary N) is 2.